The lowest BCUT2D eigenvalue weighted by molar-refractivity contribution is -0.139. The van der Waals surface area contributed by atoms with Gasteiger partial charge in [0.2, 0.25) is 0 Å². The number of carbonyl (C=O) groups is 2. The van der Waals surface area contributed by atoms with E-state index in [-0.39, 0.29) is 11.3 Å². The average Bonchev–Trinajstić information content (AvgIpc) is 2.99. The van der Waals surface area contributed by atoms with Crippen molar-refractivity contribution in [3.63, 3.8) is 0 Å². The van der Waals surface area contributed by atoms with Crippen molar-refractivity contribution in [3.05, 3.63) is 69.2 Å². The van der Waals surface area contributed by atoms with Crippen LogP contribution in [0.1, 0.15) is 30.5 Å². The number of hydrogen-bond acceptors (Lipinski definition) is 5. The molecule has 1 aliphatic rings. The number of amides is 1. The standard InChI is InChI=1S/C24H26Cl2N2O4/c1-4-32-19-10-9-16(14-18(19)26)22(29)20-21(15-7-5-8-17(25)13-15)28(24(31)23(20)30)12-6-11-27(2)3/h5,7-10,13-14,21,29H,4,6,11-12H2,1-3H3/t21-/m1/s1. The molecule has 2 aromatic carbocycles. The van der Waals surface area contributed by atoms with Crippen molar-refractivity contribution >= 4 is 40.7 Å². The third kappa shape index (κ3) is 5.09. The summed E-state index contributed by atoms with van der Waals surface area (Å²) in [6.45, 7) is 3.39. The summed E-state index contributed by atoms with van der Waals surface area (Å²) in [7, 11) is 3.89. The van der Waals surface area contributed by atoms with E-state index in [1.165, 1.54) is 11.0 Å². The van der Waals surface area contributed by atoms with Crippen molar-refractivity contribution in [2.45, 2.75) is 19.4 Å². The van der Waals surface area contributed by atoms with Crippen LogP contribution in [0.4, 0.5) is 0 Å². The van der Waals surface area contributed by atoms with Gasteiger partial charge < -0.3 is 19.6 Å². The van der Waals surface area contributed by atoms with Crippen LogP contribution in [0, 0.1) is 0 Å². The highest BCUT2D eigenvalue weighted by Crippen LogP contribution is 2.40. The van der Waals surface area contributed by atoms with Crippen molar-refractivity contribution in [2.75, 3.05) is 33.8 Å². The van der Waals surface area contributed by atoms with Gasteiger partial charge in [0.25, 0.3) is 11.7 Å². The largest absolute Gasteiger partial charge is 0.507 e. The number of aliphatic hydroxyl groups is 1. The second kappa shape index (κ2) is 10.4. The fourth-order valence-electron chi connectivity index (χ4n) is 3.77. The summed E-state index contributed by atoms with van der Waals surface area (Å²) in [5.74, 6) is -1.19. The van der Waals surface area contributed by atoms with E-state index < -0.39 is 17.7 Å². The number of benzene rings is 2. The third-order valence-electron chi connectivity index (χ3n) is 5.21. The van der Waals surface area contributed by atoms with Gasteiger partial charge >= 0.3 is 0 Å². The van der Waals surface area contributed by atoms with E-state index in [1.54, 1.807) is 36.4 Å². The van der Waals surface area contributed by atoms with Gasteiger partial charge in [-0.05, 0) is 69.9 Å². The Kier molecular flexibility index (Phi) is 7.82. The molecule has 6 nitrogen and oxygen atoms in total. The molecule has 3 rings (SSSR count). The molecule has 2 aromatic rings. The molecule has 1 atom stereocenters. The quantitative estimate of drug-likeness (QED) is 0.337. The third-order valence-corrected chi connectivity index (χ3v) is 5.74. The molecule has 1 fully saturated rings. The maximum Gasteiger partial charge on any atom is 0.295 e. The van der Waals surface area contributed by atoms with Crippen LogP contribution in [-0.2, 0) is 9.59 Å². The number of carbonyl (C=O) groups excluding carboxylic acids is 2. The summed E-state index contributed by atoms with van der Waals surface area (Å²) in [6.07, 6.45) is 0.673. The lowest BCUT2D eigenvalue weighted by Crippen LogP contribution is -2.32. The molecule has 0 radical (unpaired) electrons. The van der Waals surface area contributed by atoms with Crippen LogP contribution >= 0.6 is 23.2 Å². The first-order valence-corrected chi connectivity index (χ1v) is 11.1. The van der Waals surface area contributed by atoms with Gasteiger partial charge in [0.05, 0.1) is 23.2 Å². The number of ether oxygens (including phenoxy) is 1. The van der Waals surface area contributed by atoms with Crippen LogP contribution < -0.4 is 4.74 Å². The smallest absolute Gasteiger partial charge is 0.295 e. The predicted octanol–water partition coefficient (Wildman–Crippen LogP) is 4.77. The minimum atomic E-state index is -0.749. The van der Waals surface area contributed by atoms with Gasteiger partial charge in [-0.2, -0.15) is 0 Å². The molecular weight excluding hydrogens is 451 g/mol. The summed E-state index contributed by atoms with van der Waals surface area (Å²) < 4.78 is 5.44. The Labute approximate surface area is 198 Å². The molecule has 1 saturated heterocycles. The van der Waals surface area contributed by atoms with Gasteiger partial charge in [-0.25, -0.2) is 0 Å². The van der Waals surface area contributed by atoms with Crippen LogP contribution in [0.15, 0.2) is 48.0 Å². The number of hydrogen-bond donors (Lipinski definition) is 1. The second-order valence-electron chi connectivity index (χ2n) is 7.78. The van der Waals surface area contributed by atoms with Crippen molar-refractivity contribution in [3.8, 4) is 5.75 Å². The van der Waals surface area contributed by atoms with Gasteiger partial charge in [0.15, 0.2) is 0 Å². The lowest BCUT2D eigenvalue weighted by Gasteiger charge is -2.26. The average molecular weight is 477 g/mol. The molecule has 0 aliphatic carbocycles. The number of nitrogens with zero attached hydrogens (tertiary/aromatic N) is 2. The second-order valence-corrected chi connectivity index (χ2v) is 8.63. The topological polar surface area (TPSA) is 70.1 Å². The van der Waals surface area contributed by atoms with Crippen molar-refractivity contribution in [1.82, 2.24) is 9.80 Å². The maximum atomic E-state index is 13.0. The van der Waals surface area contributed by atoms with Crippen molar-refractivity contribution in [1.29, 1.82) is 0 Å². The van der Waals surface area contributed by atoms with Crippen LogP contribution in [0.25, 0.3) is 5.76 Å². The van der Waals surface area contributed by atoms with Gasteiger partial charge in [0, 0.05) is 17.1 Å². The lowest BCUT2D eigenvalue weighted by atomic mass is 9.95. The normalized spacial score (nSPS) is 17.9. The van der Waals surface area contributed by atoms with Gasteiger partial charge in [-0.3, -0.25) is 9.59 Å². The Balaban J connectivity index is 2.09. The molecule has 0 aromatic heterocycles. The Bertz CT molecular complexity index is 1050. The fourth-order valence-corrected chi connectivity index (χ4v) is 4.20. The molecule has 1 amide bonds. The molecular formula is C24H26Cl2N2O4. The first-order valence-electron chi connectivity index (χ1n) is 10.4. The van der Waals surface area contributed by atoms with Crippen LogP contribution in [-0.4, -0.2) is 60.4 Å². The minimum Gasteiger partial charge on any atom is -0.507 e. The number of aliphatic hydroxyl groups excluding tert-OH is 1. The summed E-state index contributed by atoms with van der Waals surface area (Å²) in [6, 6.07) is 11.0. The SMILES string of the molecule is CCOc1ccc(C(O)=C2C(=O)C(=O)N(CCCN(C)C)[C@@H]2c2cccc(Cl)c2)cc1Cl. The predicted molar refractivity (Wildman–Crippen MR) is 126 cm³/mol. The highest BCUT2D eigenvalue weighted by atomic mass is 35.5. The van der Waals surface area contributed by atoms with E-state index in [4.69, 9.17) is 27.9 Å². The van der Waals surface area contributed by atoms with E-state index in [1.807, 2.05) is 25.9 Å². The number of Topliss-reactive ketones (excluding diaryl/α,β-unsaturated/α-hetero) is 1. The Morgan fingerprint density at radius 2 is 1.91 bits per heavy atom. The fraction of sp³-hybridized carbons (Fsp3) is 0.333. The first-order chi connectivity index (χ1) is 15.2. The van der Waals surface area contributed by atoms with E-state index in [9.17, 15) is 14.7 Å². The number of likely N-dealkylation sites (tertiary alicyclic amines) is 1. The van der Waals surface area contributed by atoms with Crippen molar-refractivity contribution in [2.24, 2.45) is 0 Å². The summed E-state index contributed by atoms with van der Waals surface area (Å²) in [5.41, 5.74) is 0.999. The Hall–Kier alpha value is -2.54. The summed E-state index contributed by atoms with van der Waals surface area (Å²) in [5, 5.41) is 11.9. The molecule has 0 saturated carbocycles. The first kappa shape index (κ1) is 24.1. The van der Waals surface area contributed by atoms with E-state index in [2.05, 4.69) is 0 Å². The van der Waals surface area contributed by atoms with E-state index >= 15 is 0 Å². The number of halogens is 2. The molecule has 0 unspecified atom stereocenters. The zero-order valence-corrected chi connectivity index (χ0v) is 19.8. The molecule has 0 bridgehead atoms. The summed E-state index contributed by atoms with van der Waals surface area (Å²) >= 11 is 12.5. The maximum absolute atomic E-state index is 13.0. The molecule has 1 heterocycles. The van der Waals surface area contributed by atoms with Gasteiger partial charge in [-0.1, -0.05) is 35.3 Å². The van der Waals surface area contributed by atoms with Crippen molar-refractivity contribution < 1.29 is 19.4 Å². The van der Waals surface area contributed by atoms with E-state index in [0.717, 1.165) is 6.54 Å². The van der Waals surface area contributed by atoms with Crippen LogP contribution in [0.2, 0.25) is 10.0 Å². The monoisotopic (exact) mass is 476 g/mol. The highest BCUT2D eigenvalue weighted by Gasteiger charge is 2.45. The zero-order valence-electron chi connectivity index (χ0n) is 18.3. The number of rotatable bonds is 8. The number of ketones is 1. The Morgan fingerprint density at radius 1 is 1.16 bits per heavy atom. The summed E-state index contributed by atoms with van der Waals surface area (Å²) in [4.78, 5) is 29.5. The van der Waals surface area contributed by atoms with Gasteiger partial charge in [0.1, 0.15) is 11.5 Å². The molecule has 8 heteroatoms. The molecule has 0 spiro atoms. The molecule has 170 valence electrons. The van der Waals surface area contributed by atoms with E-state index in [0.29, 0.717) is 46.5 Å². The highest BCUT2D eigenvalue weighted by molar-refractivity contribution is 6.46. The van der Waals surface area contributed by atoms with Crippen LogP contribution in [0.5, 0.6) is 5.75 Å². The van der Waals surface area contributed by atoms with Gasteiger partial charge in [-0.15, -0.1) is 0 Å². The molecule has 32 heavy (non-hydrogen) atoms. The zero-order chi connectivity index (χ0) is 23.4. The minimum absolute atomic E-state index is 0.0161. The van der Waals surface area contributed by atoms with Crippen LogP contribution in [0.3, 0.4) is 0 Å². The Morgan fingerprint density at radius 3 is 2.53 bits per heavy atom. The molecule has 1 aliphatic heterocycles. The molecule has 1 N–H and O–H groups in total.